The molecule has 8 heteroatoms. The summed E-state index contributed by atoms with van der Waals surface area (Å²) >= 11 is 0. The second-order valence-corrected chi connectivity index (χ2v) is 6.26. The molecule has 3 rings (SSSR count). The van der Waals surface area contributed by atoms with E-state index in [-0.39, 0.29) is 22.6 Å². The zero-order valence-corrected chi connectivity index (χ0v) is 16.0. The molecule has 1 aromatic heterocycles. The smallest absolute Gasteiger partial charge is 0.349 e. The molecule has 0 unspecified atom stereocenters. The lowest BCUT2D eigenvalue weighted by Gasteiger charge is -2.20. The van der Waals surface area contributed by atoms with Crippen LogP contribution in [0, 0.1) is 0 Å². The molecule has 2 aromatic carbocycles. The number of carbonyl (C=O) groups is 1. The van der Waals surface area contributed by atoms with Crippen molar-refractivity contribution in [1.82, 2.24) is 5.43 Å². The molecule has 0 fully saturated rings. The summed E-state index contributed by atoms with van der Waals surface area (Å²) < 4.78 is 5.33. The van der Waals surface area contributed by atoms with Crippen molar-refractivity contribution in [2.75, 3.05) is 18.0 Å². The first-order valence-electron chi connectivity index (χ1n) is 9.11. The van der Waals surface area contributed by atoms with Crippen LogP contribution >= 0.6 is 0 Å². The molecule has 0 saturated heterocycles. The van der Waals surface area contributed by atoms with E-state index in [1.54, 1.807) is 12.1 Å². The van der Waals surface area contributed by atoms with Crippen LogP contribution in [0.4, 0.5) is 5.69 Å². The van der Waals surface area contributed by atoms with E-state index in [9.17, 15) is 19.8 Å². The minimum absolute atomic E-state index is 0.189. The Bertz CT molecular complexity index is 1130. The zero-order valence-electron chi connectivity index (χ0n) is 16.0. The van der Waals surface area contributed by atoms with Gasteiger partial charge in [-0.25, -0.2) is 10.2 Å². The molecule has 150 valence electrons. The van der Waals surface area contributed by atoms with E-state index in [4.69, 9.17) is 4.42 Å². The maximum atomic E-state index is 12.3. The number of nitrogens with zero attached hydrogens (tertiary/aromatic N) is 2. The Morgan fingerprint density at radius 1 is 1.17 bits per heavy atom. The highest BCUT2D eigenvalue weighted by Crippen LogP contribution is 2.26. The quantitative estimate of drug-likeness (QED) is 0.256. The number of carbonyl (C=O) groups excluding carboxylic acids is 1. The van der Waals surface area contributed by atoms with Crippen LogP contribution in [0.15, 0.2) is 56.8 Å². The average molecular weight is 395 g/mol. The summed E-state index contributed by atoms with van der Waals surface area (Å²) in [7, 11) is 0. The second kappa shape index (κ2) is 8.47. The Hall–Kier alpha value is -3.81. The number of amides is 1. The molecule has 0 aliphatic heterocycles. The Morgan fingerprint density at radius 3 is 2.66 bits per heavy atom. The van der Waals surface area contributed by atoms with Crippen LogP contribution in [-0.4, -0.2) is 35.4 Å². The summed E-state index contributed by atoms with van der Waals surface area (Å²) in [4.78, 5) is 26.7. The number of hydrogen-bond donors (Lipinski definition) is 3. The van der Waals surface area contributed by atoms with E-state index >= 15 is 0 Å². The van der Waals surface area contributed by atoms with Gasteiger partial charge in [-0.1, -0.05) is 6.07 Å². The molecule has 3 N–H and O–H groups in total. The van der Waals surface area contributed by atoms with E-state index in [1.165, 1.54) is 24.3 Å². The highest BCUT2D eigenvalue weighted by atomic mass is 16.4. The third-order valence-electron chi connectivity index (χ3n) is 4.51. The first kappa shape index (κ1) is 19.9. The highest BCUT2D eigenvalue weighted by Gasteiger charge is 2.14. The van der Waals surface area contributed by atoms with Crippen LogP contribution in [0.1, 0.15) is 29.8 Å². The van der Waals surface area contributed by atoms with Crippen molar-refractivity contribution >= 4 is 28.8 Å². The van der Waals surface area contributed by atoms with Crippen molar-refractivity contribution < 1.29 is 19.4 Å². The van der Waals surface area contributed by atoms with Crippen molar-refractivity contribution in [2.24, 2.45) is 5.10 Å². The SMILES string of the molecule is CCN(CC)c1ccc2cc(C(=O)N/N=C/c3cccc(O)c3O)c(=O)oc2c1. The van der Waals surface area contributed by atoms with Gasteiger partial charge in [0, 0.05) is 35.8 Å². The van der Waals surface area contributed by atoms with Gasteiger partial charge in [-0.15, -0.1) is 0 Å². The highest BCUT2D eigenvalue weighted by molar-refractivity contribution is 5.97. The number of anilines is 1. The van der Waals surface area contributed by atoms with E-state index in [1.807, 2.05) is 19.9 Å². The van der Waals surface area contributed by atoms with Crippen molar-refractivity contribution in [2.45, 2.75) is 13.8 Å². The van der Waals surface area contributed by atoms with E-state index in [0.29, 0.717) is 11.0 Å². The van der Waals surface area contributed by atoms with Crippen molar-refractivity contribution in [3.63, 3.8) is 0 Å². The summed E-state index contributed by atoms with van der Waals surface area (Å²) in [5.41, 5.74) is 2.78. The molecule has 0 aliphatic carbocycles. The molecule has 1 heterocycles. The number of nitrogens with one attached hydrogen (secondary N) is 1. The van der Waals surface area contributed by atoms with Gasteiger partial charge in [-0.2, -0.15) is 5.10 Å². The fraction of sp³-hybridized carbons (Fsp3) is 0.190. The number of phenols is 2. The Morgan fingerprint density at radius 2 is 1.93 bits per heavy atom. The van der Waals surface area contributed by atoms with Crippen LogP contribution in [0.3, 0.4) is 0 Å². The predicted octanol–water partition coefficient (Wildman–Crippen LogP) is 2.81. The summed E-state index contributed by atoms with van der Waals surface area (Å²) in [6, 6.07) is 11.2. The van der Waals surface area contributed by atoms with Gasteiger partial charge in [0.1, 0.15) is 11.1 Å². The number of hydrazone groups is 1. The maximum absolute atomic E-state index is 12.3. The van der Waals surface area contributed by atoms with Gasteiger partial charge in [-0.3, -0.25) is 4.79 Å². The van der Waals surface area contributed by atoms with Gasteiger partial charge in [0.15, 0.2) is 11.5 Å². The minimum Gasteiger partial charge on any atom is -0.504 e. The van der Waals surface area contributed by atoms with Gasteiger partial charge < -0.3 is 19.5 Å². The summed E-state index contributed by atoms with van der Waals surface area (Å²) in [6.45, 7) is 5.71. The van der Waals surface area contributed by atoms with E-state index < -0.39 is 11.5 Å². The third kappa shape index (κ3) is 4.21. The van der Waals surface area contributed by atoms with Gasteiger partial charge in [0.25, 0.3) is 5.91 Å². The molecule has 0 radical (unpaired) electrons. The molecule has 0 aliphatic rings. The zero-order chi connectivity index (χ0) is 21.0. The van der Waals surface area contributed by atoms with E-state index in [2.05, 4.69) is 15.4 Å². The monoisotopic (exact) mass is 395 g/mol. The summed E-state index contributed by atoms with van der Waals surface area (Å²) in [5.74, 6) is -1.41. The number of rotatable bonds is 6. The molecular weight excluding hydrogens is 374 g/mol. The lowest BCUT2D eigenvalue weighted by molar-refractivity contribution is 0.0951. The van der Waals surface area contributed by atoms with Crippen molar-refractivity contribution in [3.05, 3.63) is 64.0 Å². The maximum Gasteiger partial charge on any atom is 0.349 e. The van der Waals surface area contributed by atoms with Crippen molar-refractivity contribution in [1.29, 1.82) is 0 Å². The molecule has 1 amide bonds. The Balaban J connectivity index is 1.83. The number of para-hydroxylation sites is 1. The van der Waals surface area contributed by atoms with Crippen LogP contribution in [0.5, 0.6) is 11.5 Å². The standard InChI is InChI=1S/C21H21N3O5/c1-3-24(4-2)15-9-8-13-10-16(21(28)29-18(13)11-15)20(27)23-22-12-14-6-5-7-17(25)19(14)26/h5-12,25-26H,3-4H2,1-2H3,(H,23,27)/b22-12+. The number of aromatic hydroxyl groups is 2. The number of phenolic OH excluding ortho intramolecular Hbond substituents is 2. The van der Waals surface area contributed by atoms with Gasteiger partial charge in [0.05, 0.1) is 6.21 Å². The Kier molecular flexibility index (Phi) is 5.82. The number of hydrogen-bond acceptors (Lipinski definition) is 7. The summed E-state index contributed by atoms with van der Waals surface area (Å²) in [6.07, 6.45) is 1.16. The fourth-order valence-corrected chi connectivity index (χ4v) is 2.92. The lowest BCUT2D eigenvalue weighted by Crippen LogP contribution is -2.24. The van der Waals surface area contributed by atoms with Gasteiger partial charge >= 0.3 is 5.63 Å². The topological polar surface area (TPSA) is 115 Å². The molecular formula is C21H21N3O5. The third-order valence-corrected chi connectivity index (χ3v) is 4.51. The molecule has 0 bridgehead atoms. The first-order valence-corrected chi connectivity index (χ1v) is 9.11. The molecule has 0 atom stereocenters. The van der Waals surface area contributed by atoms with Crippen LogP contribution in [-0.2, 0) is 0 Å². The second-order valence-electron chi connectivity index (χ2n) is 6.26. The summed E-state index contributed by atoms with van der Waals surface area (Å²) in [5, 5.41) is 23.5. The number of benzene rings is 2. The molecule has 0 spiro atoms. The molecule has 0 saturated carbocycles. The largest absolute Gasteiger partial charge is 0.504 e. The molecule has 3 aromatic rings. The van der Waals surface area contributed by atoms with Crippen molar-refractivity contribution in [3.8, 4) is 11.5 Å². The van der Waals surface area contributed by atoms with Crippen LogP contribution < -0.4 is 16.0 Å². The predicted molar refractivity (Wildman–Crippen MR) is 111 cm³/mol. The Labute approximate surface area is 166 Å². The van der Waals surface area contributed by atoms with Gasteiger partial charge in [0.2, 0.25) is 0 Å². The molecule has 8 nitrogen and oxygen atoms in total. The van der Waals surface area contributed by atoms with Crippen LogP contribution in [0.25, 0.3) is 11.0 Å². The first-order chi connectivity index (χ1) is 13.9. The number of fused-ring (bicyclic) bond motifs is 1. The van der Waals surface area contributed by atoms with Crippen LogP contribution in [0.2, 0.25) is 0 Å². The fourth-order valence-electron chi connectivity index (χ4n) is 2.92. The van der Waals surface area contributed by atoms with E-state index in [0.717, 1.165) is 25.0 Å². The lowest BCUT2D eigenvalue weighted by atomic mass is 10.1. The minimum atomic E-state index is -0.776. The normalized spacial score (nSPS) is 11.1. The van der Waals surface area contributed by atoms with Gasteiger partial charge in [-0.05, 0) is 44.2 Å². The molecule has 29 heavy (non-hydrogen) atoms. The average Bonchev–Trinajstić information content (AvgIpc) is 2.71.